The molecule has 1 aromatic heterocycles. The summed E-state index contributed by atoms with van der Waals surface area (Å²) in [5.74, 6) is 0.0416. The summed E-state index contributed by atoms with van der Waals surface area (Å²) in [6, 6.07) is 0. The monoisotopic (exact) mass is 246 g/mol. The number of nitrogens with zero attached hydrogens (tertiary/aromatic N) is 2. The summed E-state index contributed by atoms with van der Waals surface area (Å²) in [6.45, 7) is 2.39. The van der Waals surface area contributed by atoms with Gasteiger partial charge in [-0.3, -0.25) is 9.69 Å². The van der Waals surface area contributed by atoms with Crippen LogP contribution in [0.5, 0.6) is 0 Å². The number of aryl methyl sites for hydroxylation is 1. The predicted octanol–water partition coefficient (Wildman–Crippen LogP) is 1.45. The van der Waals surface area contributed by atoms with Crippen molar-refractivity contribution >= 4 is 34.0 Å². The molecule has 15 heavy (non-hydrogen) atoms. The molecular formula is C9H11ClN2O2S. The Bertz CT molecular complexity index is 374. The first kappa shape index (κ1) is 10.9. The highest BCUT2D eigenvalue weighted by Crippen LogP contribution is 2.33. The van der Waals surface area contributed by atoms with Crippen molar-refractivity contribution in [1.29, 1.82) is 0 Å². The third-order valence-corrected chi connectivity index (χ3v) is 3.90. The summed E-state index contributed by atoms with van der Waals surface area (Å²) in [5, 5.41) is 9.62. The van der Waals surface area contributed by atoms with E-state index in [4.69, 9.17) is 16.7 Å². The number of rotatable bonds is 2. The Labute approximate surface area is 96.5 Å². The molecule has 0 bridgehead atoms. The summed E-state index contributed by atoms with van der Waals surface area (Å²) < 4.78 is 0.616. The Morgan fingerprint density at radius 1 is 1.73 bits per heavy atom. The fourth-order valence-corrected chi connectivity index (χ4v) is 2.64. The minimum atomic E-state index is 0.0134. The molecule has 2 rings (SSSR count). The van der Waals surface area contributed by atoms with Crippen molar-refractivity contribution in [2.45, 2.75) is 13.3 Å². The van der Waals surface area contributed by atoms with Crippen molar-refractivity contribution in [3.05, 3.63) is 10.0 Å². The van der Waals surface area contributed by atoms with Crippen LogP contribution >= 0.6 is 22.9 Å². The van der Waals surface area contributed by atoms with Crippen LogP contribution in [-0.4, -0.2) is 29.1 Å². The molecule has 1 aliphatic heterocycles. The van der Waals surface area contributed by atoms with Gasteiger partial charge in [-0.1, -0.05) is 22.9 Å². The summed E-state index contributed by atoms with van der Waals surface area (Å²) in [5.41, 5.74) is 0.747. The first-order valence-corrected chi connectivity index (χ1v) is 5.85. The second-order valence-corrected chi connectivity index (χ2v) is 5.19. The molecule has 0 saturated carbocycles. The van der Waals surface area contributed by atoms with Crippen molar-refractivity contribution in [1.82, 2.24) is 4.98 Å². The highest BCUT2D eigenvalue weighted by Gasteiger charge is 2.32. The highest BCUT2D eigenvalue weighted by atomic mass is 35.5. The summed E-state index contributed by atoms with van der Waals surface area (Å²) >= 11 is 7.20. The van der Waals surface area contributed by atoms with Crippen LogP contribution in [0.15, 0.2) is 0 Å². The largest absolute Gasteiger partial charge is 0.396 e. The molecule has 1 aliphatic rings. The van der Waals surface area contributed by atoms with Gasteiger partial charge in [0.25, 0.3) is 0 Å². The summed E-state index contributed by atoms with van der Waals surface area (Å²) in [7, 11) is 0. The topological polar surface area (TPSA) is 53.4 Å². The second-order valence-electron chi connectivity index (χ2n) is 3.61. The standard InChI is InChI=1S/C9H11ClN2O2S/c1-5-8(10)15-9(11-5)12-3-6(4-13)2-7(12)14/h6,13H,2-4H2,1H3. The first-order valence-electron chi connectivity index (χ1n) is 4.66. The number of hydrogen-bond acceptors (Lipinski definition) is 4. The van der Waals surface area contributed by atoms with E-state index in [0.717, 1.165) is 5.69 Å². The number of hydrogen-bond donors (Lipinski definition) is 1. The Morgan fingerprint density at radius 3 is 2.93 bits per heavy atom. The van der Waals surface area contributed by atoms with E-state index in [2.05, 4.69) is 4.98 Å². The molecule has 6 heteroatoms. The van der Waals surface area contributed by atoms with Gasteiger partial charge in [0.15, 0.2) is 5.13 Å². The Morgan fingerprint density at radius 2 is 2.47 bits per heavy atom. The molecule has 82 valence electrons. The lowest BCUT2D eigenvalue weighted by Gasteiger charge is -2.11. The lowest BCUT2D eigenvalue weighted by molar-refractivity contribution is -0.117. The maximum Gasteiger partial charge on any atom is 0.229 e. The van der Waals surface area contributed by atoms with Gasteiger partial charge in [0.05, 0.1) is 5.69 Å². The molecule has 0 aliphatic carbocycles. The molecule has 1 fully saturated rings. The van der Waals surface area contributed by atoms with Crippen molar-refractivity contribution in [2.75, 3.05) is 18.1 Å². The van der Waals surface area contributed by atoms with Gasteiger partial charge in [-0.05, 0) is 6.92 Å². The van der Waals surface area contributed by atoms with Crippen LogP contribution in [0, 0.1) is 12.8 Å². The van der Waals surface area contributed by atoms with Crippen molar-refractivity contribution in [2.24, 2.45) is 5.92 Å². The van der Waals surface area contributed by atoms with E-state index >= 15 is 0 Å². The number of aromatic nitrogens is 1. The zero-order valence-electron chi connectivity index (χ0n) is 8.23. The van der Waals surface area contributed by atoms with Gasteiger partial charge < -0.3 is 5.11 Å². The Kier molecular flexibility index (Phi) is 2.95. The average molecular weight is 247 g/mol. The normalized spacial score (nSPS) is 21.4. The molecule has 1 amide bonds. The van der Waals surface area contributed by atoms with Crippen LogP contribution in [0.25, 0.3) is 0 Å². The maximum absolute atomic E-state index is 11.6. The fraction of sp³-hybridized carbons (Fsp3) is 0.556. The zero-order valence-corrected chi connectivity index (χ0v) is 9.81. The fourth-order valence-electron chi connectivity index (χ4n) is 1.57. The quantitative estimate of drug-likeness (QED) is 0.860. The maximum atomic E-state index is 11.6. The van der Waals surface area contributed by atoms with E-state index in [9.17, 15) is 4.79 Å². The molecule has 2 heterocycles. The van der Waals surface area contributed by atoms with Crippen molar-refractivity contribution in [3.8, 4) is 0 Å². The van der Waals surface area contributed by atoms with Crippen LogP contribution in [0.4, 0.5) is 5.13 Å². The minimum Gasteiger partial charge on any atom is -0.396 e. The van der Waals surface area contributed by atoms with Gasteiger partial charge in [0.2, 0.25) is 5.91 Å². The van der Waals surface area contributed by atoms with E-state index in [1.807, 2.05) is 6.92 Å². The van der Waals surface area contributed by atoms with Crippen LogP contribution in [0.2, 0.25) is 4.34 Å². The highest BCUT2D eigenvalue weighted by molar-refractivity contribution is 7.19. The average Bonchev–Trinajstić information content (AvgIpc) is 2.71. The Balaban J connectivity index is 2.21. The van der Waals surface area contributed by atoms with E-state index in [1.165, 1.54) is 11.3 Å². The third kappa shape index (κ3) is 2.00. The summed E-state index contributed by atoms with van der Waals surface area (Å²) in [4.78, 5) is 17.4. The van der Waals surface area contributed by atoms with Gasteiger partial charge in [-0.15, -0.1) is 0 Å². The molecule has 1 atom stereocenters. The predicted molar refractivity (Wildman–Crippen MR) is 59.4 cm³/mol. The SMILES string of the molecule is Cc1nc(N2CC(CO)CC2=O)sc1Cl. The molecule has 4 nitrogen and oxygen atoms in total. The number of carbonyl (C=O) groups is 1. The van der Waals surface area contributed by atoms with Crippen LogP contribution in [-0.2, 0) is 4.79 Å². The molecule has 1 unspecified atom stereocenters. The third-order valence-electron chi connectivity index (χ3n) is 2.42. The molecule has 1 saturated heterocycles. The molecule has 1 aromatic rings. The molecule has 1 N–H and O–H groups in total. The van der Waals surface area contributed by atoms with E-state index in [1.54, 1.807) is 4.90 Å². The van der Waals surface area contributed by atoms with E-state index < -0.39 is 0 Å². The number of thiazole rings is 1. The van der Waals surface area contributed by atoms with Gasteiger partial charge in [-0.25, -0.2) is 4.98 Å². The number of amides is 1. The van der Waals surface area contributed by atoms with Gasteiger partial charge in [0, 0.05) is 25.5 Å². The smallest absolute Gasteiger partial charge is 0.229 e. The lowest BCUT2D eigenvalue weighted by Crippen LogP contribution is -2.24. The van der Waals surface area contributed by atoms with Crippen molar-refractivity contribution < 1.29 is 9.90 Å². The van der Waals surface area contributed by atoms with Crippen LogP contribution < -0.4 is 4.90 Å². The molecule has 0 aromatic carbocycles. The van der Waals surface area contributed by atoms with Crippen LogP contribution in [0.1, 0.15) is 12.1 Å². The molecule has 0 spiro atoms. The number of halogens is 1. The first-order chi connectivity index (χ1) is 7.11. The zero-order chi connectivity index (χ0) is 11.0. The minimum absolute atomic E-state index is 0.0134. The number of aliphatic hydroxyl groups is 1. The van der Waals surface area contributed by atoms with Gasteiger partial charge in [0.1, 0.15) is 4.34 Å². The van der Waals surface area contributed by atoms with Crippen LogP contribution in [0.3, 0.4) is 0 Å². The van der Waals surface area contributed by atoms with E-state index in [-0.39, 0.29) is 18.4 Å². The number of anilines is 1. The van der Waals surface area contributed by atoms with E-state index in [0.29, 0.717) is 22.4 Å². The number of aliphatic hydroxyl groups excluding tert-OH is 1. The Hall–Kier alpha value is -0.650. The number of carbonyl (C=O) groups excluding carboxylic acids is 1. The van der Waals surface area contributed by atoms with Crippen molar-refractivity contribution in [3.63, 3.8) is 0 Å². The van der Waals surface area contributed by atoms with Gasteiger partial charge in [-0.2, -0.15) is 0 Å². The lowest BCUT2D eigenvalue weighted by atomic mass is 10.1. The second kappa shape index (κ2) is 4.08. The van der Waals surface area contributed by atoms with Gasteiger partial charge >= 0.3 is 0 Å². The molecular weight excluding hydrogens is 236 g/mol. The molecule has 0 radical (unpaired) electrons. The summed E-state index contributed by atoms with van der Waals surface area (Å²) in [6.07, 6.45) is 0.396.